The van der Waals surface area contributed by atoms with Crippen molar-refractivity contribution in [2.45, 2.75) is 63.7 Å². The molecule has 0 bridgehead atoms. The number of carbonyl (C=O) groups is 2. The summed E-state index contributed by atoms with van der Waals surface area (Å²) in [6, 6.07) is 13.6. The zero-order chi connectivity index (χ0) is 31.1. The smallest absolute Gasteiger partial charge is 0.410 e. The Morgan fingerprint density at radius 3 is 2.50 bits per heavy atom. The van der Waals surface area contributed by atoms with E-state index < -0.39 is 11.2 Å². The number of fused-ring (bicyclic) bond motifs is 1. The lowest BCUT2D eigenvalue weighted by atomic mass is 9.79. The fraction of sp³-hybridized carbons (Fsp3) is 0.455. The number of hydrogen-bond acceptors (Lipinski definition) is 7. The van der Waals surface area contributed by atoms with Gasteiger partial charge in [-0.1, -0.05) is 30.3 Å². The molecule has 1 N–H and O–H groups in total. The molecule has 0 aliphatic carbocycles. The highest BCUT2D eigenvalue weighted by atomic mass is 32.1. The van der Waals surface area contributed by atoms with Gasteiger partial charge in [-0.15, -0.1) is 0 Å². The monoisotopic (exact) mass is 617 g/mol. The quantitative estimate of drug-likeness (QED) is 0.350. The highest BCUT2D eigenvalue weighted by Crippen LogP contribution is 2.36. The van der Waals surface area contributed by atoms with Crippen LogP contribution < -0.4 is 5.56 Å². The molecule has 2 amide bonds. The molecule has 0 radical (unpaired) electrons. The van der Waals surface area contributed by atoms with Crippen LogP contribution >= 0.6 is 11.3 Å². The molecule has 232 valence electrons. The highest BCUT2D eigenvalue weighted by Gasteiger charge is 2.42. The third-order valence-electron chi connectivity index (χ3n) is 8.73. The Hall–Kier alpha value is -3.96. The van der Waals surface area contributed by atoms with E-state index in [0.717, 1.165) is 11.3 Å². The third kappa shape index (κ3) is 6.16. The summed E-state index contributed by atoms with van der Waals surface area (Å²) in [6.45, 7) is 7.29. The first-order valence-corrected chi connectivity index (χ1v) is 16.1. The lowest BCUT2D eigenvalue weighted by Crippen LogP contribution is -2.53. The molecule has 5 heterocycles. The van der Waals surface area contributed by atoms with E-state index in [4.69, 9.17) is 4.74 Å². The van der Waals surface area contributed by atoms with Crippen molar-refractivity contribution in [2.75, 3.05) is 26.2 Å². The summed E-state index contributed by atoms with van der Waals surface area (Å²) in [5, 5.41) is 16.0. The summed E-state index contributed by atoms with van der Waals surface area (Å²) in [4.78, 5) is 48.3. The number of nitrogens with zero attached hydrogens (tertiary/aromatic N) is 5. The van der Waals surface area contributed by atoms with E-state index in [-0.39, 0.29) is 35.9 Å². The fourth-order valence-electron chi connectivity index (χ4n) is 6.40. The molecule has 11 heteroatoms. The van der Waals surface area contributed by atoms with Crippen molar-refractivity contribution in [1.29, 1.82) is 0 Å². The van der Waals surface area contributed by atoms with Crippen molar-refractivity contribution in [3.63, 3.8) is 0 Å². The van der Waals surface area contributed by atoms with Crippen molar-refractivity contribution in [3.05, 3.63) is 81.7 Å². The molecule has 6 rings (SSSR count). The summed E-state index contributed by atoms with van der Waals surface area (Å²) in [7, 11) is 0. The van der Waals surface area contributed by atoms with Crippen LogP contribution in [0.4, 0.5) is 4.79 Å². The number of carbonyl (C=O) groups excluding carboxylic acids is 2. The Balaban J connectivity index is 1.13. The van der Waals surface area contributed by atoms with Gasteiger partial charge in [-0.2, -0.15) is 11.3 Å². The van der Waals surface area contributed by atoms with Gasteiger partial charge in [-0.25, -0.2) is 9.78 Å². The highest BCUT2D eigenvalue weighted by molar-refractivity contribution is 7.08. The number of benzene rings is 1. The molecule has 0 spiro atoms. The number of likely N-dealkylation sites (tertiary alicyclic amines) is 2. The topological polar surface area (TPSA) is 110 Å². The van der Waals surface area contributed by atoms with E-state index in [2.05, 4.69) is 4.98 Å². The molecular weight excluding hydrogens is 578 g/mol. The summed E-state index contributed by atoms with van der Waals surface area (Å²) < 4.78 is 9.00. The van der Waals surface area contributed by atoms with Gasteiger partial charge < -0.3 is 24.2 Å². The molecular formula is C33H39N5O5S. The maximum absolute atomic E-state index is 14.0. The number of hydrogen-bond donors (Lipinski definition) is 1. The minimum absolute atomic E-state index is 0.0414. The average Bonchev–Trinajstić information content (AvgIpc) is 3.69. The SMILES string of the molecule is CC(C)(C)OC(=O)N1CC[C@@H](C(=O)N2CCC(O)(Cn3cnc4c(ccn4-c4ccsc4)c3=O)CC2)[C@H](c2ccccc2)C1. The van der Waals surface area contributed by atoms with Crippen molar-refractivity contribution < 1.29 is 19.4 Å². The first kappa shape index (κ1) is 30.1. The van der Waals surface area contributed by atoms with Crippen LogP contribution in [0.1, 0.15) is 51.5 Å². The average molecular weight is 618 g/mol. The lowest BCUT2D eigenvalue weighted by molar-refractivity contribution is -0.142. The van der Waals surface area contributed by atoms with Gasteiger partial charge in [0.15, 0.2) is 5.65 Å². The summed E-state index contributed by atoms with van der Waals surface area (Å²) in [5.41, 5.74) is 0.628. The number of ether oxygens (including phenoxy) is 1. The van der Waals surface area contributed by atoms with Crippen molar-refractivity contribution in [2.24, 2.45) is 5.92 Å². The molecule has 2 aliphatic heterocycles. The minimum Gasteiger partial charge on any atom is -0.444 e. The minimum atomic E-state index is -1.13. The van der Waals surface area contributed by atoms with Gasteiger partial charge in [0.05, 0.1) is 23.2 Å². The van der Waals surface area contributed by atoms with Gasteiger partial charge in [0.1, 0.15) is 11.9 Å². The van der Waals surface area contributed by atoms with E-state index in [1.807, 2.05) is 83.6 Å². The van der Waals surface area contributed by atoms with Gasteiger partial charge in [-0.05, 0) is 63.1 Å². The van der Waals surface area contributed by atoms with E-state index >= 15 is 0 Å². The van der Waals surface area contributed by atoms with Crippen LogP contribution in [0.2, 0.25) is 0 Å². The Kier molecular flexibility index (Phi) is 8.10. The molecule has 2 fully saturated rings. The first-order chi connectivity index (χ1) is 21.0. The Morgan fingerprint density at radius 1 is 1.07 bits per heavy atom. The molecule has 0 unspecified atom stereocenters. The van der Waals surface area contributed by atoms with Crippen LogP contribution in [0.25, 0.3) is 16.7 Å². The molecule has 2 atom stereocenters. The van der Waals surface area contributed by atoms with E-state index in [9.17, 15) is 19.5 Å². The summed E-state index contributed by atoms with van der Waals surface area (Å²) in [5.74, 6) is -0.410. The molecule has 0 saturated carbocycles. The van der Waals surface area contributed by atoms with Gasteiger partial charge in [0.2, 0.25) is 5.91 Å². The second kappa shape index (κ2) is 11.9. The molecule has 4 aromatic rings. The summed E-state index contributed by atoms with van der Waals surface area (Å²) in [6.07, 6.45) is 4.22. The molecule has 10 nitrogen and oxygen atoms in total. The number of rotatable bonds is 5. The van der Waals surface area contributed by atoms with Crippen molar-refractivity contribution in [1.82, 2.24) is 23.9 Å². The first-order valence-electron chi connectivity index (χ1n) is 15.1. The Labute approximate surface area is 260 Å². The van der Waals surface area contributed by atoms with Gasteiger partial charge in [-0.3, -0.25) is 14.2 Å². The second-order valence-corrected chi connectivity index (χ2v) is 13.8. The fourth-order valence-corrected chi connectivity index (χ4v) is 7.03. The van der Waals surface area contributed by atoms with Gasteiger partial charge in [0.25, 0.3) is 5.56 Å². The number of piperidine rings is 2. The lowest BCUT2D eigenvalue weighted by Gasteiger charge is -2.43. The maximum Gasteiger partial charge on any atom is 0.410 e. The van der Waals surface area contributed by atoms with E-state index in [1.54, 1.807) is 22.3 Å². The number of thiophene rings is 1. The number of amides is 2. The predicted octanol–water partition coefficient (Wildman–Crippen LogP) is 4.64. The standard InChI is InChI=1S/C33H39N5O5S/c1-32(2,3)43-31(41)36-14-9-25(27(19-36)23-7-5-4-6-8-23)29(39)35-16-12-33(42,13-17-35)21-37-22-34-28-26(30(37)40)10-15-38(28)24-11-18-44-20-24/h4-8,10-11,15,18,20,22,25,27,42H,9,12-14,16-17,19,21H2,1-3H3/t25-,27+/m1/s1. The van der Waals surface area contributed by atoms with E-state index in [0.29, 0.717) is 56.5 Å². The predicted molar refractivity (Wildman–Crippen MR) is 169 cm³/mol. The van der Waals surface area contributed by atoms with Crippen LogP contribution in [0.3, 0.4) is 0 Å². The van der Waals surface area contributed by atoms with Gasteiger partial charge in [0, 0.05) is 49.6 Å². The maximum atomic E-state index is 14.0. The molecule has 1 aromatic carbocycles. The van der Waals surface area contributed by atoms with Crippen molar-refractivity contribution in [3.8, 4) is 5.69 Å². The molecule has 3 aromatic heterocycles. The second-order valence-electron chi connectivity index (χ2n) is 13.0. The summed E-state index contributed by atoms with van der Waals surface area (Å²) >= 11 is 1.58. The molecule has 2 aliphatic rings. The number of aliphatic hydroxyl groups is 1. The molecule has 2 saturated heterocycles. The van der Waals surface area contributed by atoms with Crippen LogP contribution in [0.5, 0.6) is 0 Å². The van der Waals surface area contributed by atoms with Crippen LogP contribution in [-0.4, -0.2) is 78.4 Å². The zero-order valence-corrected chi connectivity index (χ0v) is 26.2. The normalized spacial score (nSPS) is 20.5. The largest absolute Gasteiger partial charge is 0.444 e. The Morgan fingerprint density at radius 2 is 1.82 bits per heavy atom. The van der Waals surface area contributed by atoms with Crippen LogP contribution in [0.15, 0.2) is 70.5 Å². The third-order valence-corrected chi connectivity index (χ3v) is 9.41. The number of aromatic nitrogens is 3. The molecule has 44 heavy (non-hydrogen) atoms. The zero-order valence-electron chi connectivity index (χ0n) is 25.4. The van der Waals surface area contributed by atoms with Crippen LogP contribution in [-0.2, 0) is 16.1 Å². The Bertz CT molecular complexity index is 1680. The van der Waals surface area contributed by atoms with Gasteiger partial charge >= 0.3 is 6.09 Å². The van der Waals surface area contributed by atoms with Crippen LogP contribution in [0, 0.1) is 5.92 Å². The van der Waals surface area contributed by atoms with E-state index in [1.165, 1.54) is 10.9 Å². The van der Waals surface area contributed by atoms with Crippen molar-refractivity contribution >= 4 is 34.4 Å².